The minimum Gasteiger partial charge on any atom is -0.384 e. The Balaban J connectivity index is 1.76. The van der Waals surface area contributed by atoms with E-state index in [1.807, 2.05) is 0 Å². The molecule has 1 aromatic carbocycles. The quantitative estimate of drug-likeness (QED) is 0.556. The third-order valence-electron chi connectivity index (χ3n) is 3.18. The molecule has 1 aliphatic rings. The summed E-state index contributed by atoms with van der Waals surface area (Å²) < 4.78 is 31.6. The second kappa shape index (κ2) is 7.74. The zero-order valence-electron chi connectivity index (χ0n) is 12.3. The van der Waals surface area contributed by atoms with Crippen LogP contribution in [0.4, 0.5) is 5.69 Å². The Morgan fingerprint density at radius 1 is 1.14 bits per heavy atom. The lowest BCUT2D eigenvalue weighted by Gasteiger charge is -2.09. The first kappa shape index (κ1) is 16.2. The number of benzene rings is 1. The maximum Gasteiger partial charge on any atom is 0.240 e. The van der Waals surface area contributed by atoms with E-state index in [0.29, 0.717) is 11.5 Å². The highest BCUT2D eigenvalue weighted by Gasteiger charge is 2.27. The summed E-state index contributed by atoms with van der Waals surface area (Å²) in [6, 6.07) is 6.97. The van der Waals surface area contributed by atoms with Crippen LogP contribution in [-0.2, 0) is 14.8 Å². The van der Waals surface area contributed by atoms with Crippen molar-refractivity contribution in [3.05, 3.63) is 24.3 Å². The number of rotatable bonds is 10. The molecule has 0 amide bonds. The van der Waals surface area contributed by atoms with Crippen molar-refractivity contribution in [2.24, 2.45) is 0 Å². The van der Waals surface area contributed by atoms with E-state index < -0.39 is 10.0 Å². The molecule has 1 aromatic rings. The van der Waals surface area contributed by atoms with Gasteiger partial charge in [-0.25, -0.2) is 13.1 Å². The van der Waals surface area contributed by atoms with E-state index in [-0.39, 0.29) is 6.04 Å². The minimum absolute atomic E-state index is 0.131. The van der Waals surface area contributed by atoms with Gasteiger partial charge in [0.15, 0.2) is 0 Å². The van der Waals surface area contributed by atoms with Gasteiger partial charge in [0.2, 0.25) is 10.0 Å². The van der Waals surface area contributed by atoms with Crippen molar-refractivity contribution in [3.63, 3.8) is 0 Å². The number of hydrogen-bond donors (Lipinski definition) is 3. The molecule has 1 saturated carbocycles. The highest BCUT2D eigenvalue weighted by atomic mass is 32.2. The summed E-state index contributed by atoms with van der Waals surface area (Å²) in [7, 11) is -1.68. The van der Waals surface area contributed by atoms with E-state index in [1.54, 1.807) is 31.4 Å². The lowest BCUT2D eigenvalue weighted by molar-refractivity contribution is 0.200. The molecule has 1 aliphatic carbocycles. The van der Waals surface area contributed by atoms with Gasteiger partial charge in [0.05, 0.1) is 11.5 Å². The van der Waals surface area contributed by atoms with E-state index in [4.69, 9.17) is 4.74 Å². The van der Waals surface area contributed by atoms with Crippen molar-refractivity contribution in [1.82, 2.24) is 10.0 Å². The standard InChI is InChI=1S/C14H23N3O3S/c1-20-11-10-15-8-9-16-12-4-6-14(7-5-12)21(18,19)17-13-2-3-13/h4-7,13,15-17H,2-3,8-11H2,1H3. The van der Waals surface area contributed by atoms with E-state index in [9.17, 15) is 8.42 Å². The van der Waals surface area contributed by atoms with Crippen molar-refractivity contribution in [3.8, 4) is 0 Å². The Hall–Kier alpha value is -1.15. The third kappa shape index (κ3) is 5.62. The van der Waals surface area contributed by atoms with Crippen LogP contribution in [0.3, 0.4) is 0 Å². The van der Waals surface area contributed by atoms with E-state index in [2.05, 4.69) is 15.4 Å². The summed E-state index contributed by atoms with van der Waals surface area (Å²) in [6.45, 7) is 3.12. The largest absolute Gasteiger partial charge is 0.384 e. The van der Waals surface area contributed by atoms with Gasteiger partial charge in [0.25, 0.3) is 0 Å². The molecule has 2 rings (SSSR count). The molecule has 0 bridgehead atoms. The van der Waals surface area contributed by atoms with Crippen LogP contribution in [0, 0.1) is 0 Å². The van der Waals surface area contributed by atoms with Gasteiger partial charge in [-0.1, -0.05) is 0 Å². The maximum atomic E-state index is 12.0. The van der Waals surface area contributed by atoms with Crippen molar-refractivity contribution >= 4 is 15.7 Å². The van der Waals surface area contributed by atoms with E-state index in [0.717, 1.165) is 38.2 Å². The average molecular weight is 313 g/mol. The van der Waals surface area contributed by atoms with Gasteiger partial charge in [-0.3, -0.25) is 0 Å². The molecular weight excluding hydrogens is 290 g/mol. The third-order valence-corrected chi connectivity index (χ3v) is 4.71. The molecule has 0 aromatic heterocycles. The summed E-state index contributed by atoms with van der Waals surface area (Å²) >= 11 is 0. The number of hydrogen-bond acceptors (Lipinski definition) is 5. The van der Waals surface area contributed by atoms with Crippen LogP contribution in [-0.4, -0.2) is 47.8 Å². The summed E-state index contributed by atoms with van der Waals surface area (Å²) in [5.41, 5.74) is 0.911. The lowest BCUT2D eigenvalue weighted by Crippen LogP contribution is -2.26. The fourth-order valence-electron chi connectivity index (χ4n) is 1.84. The molecule has 1 fully saturated rings. The average Bonchev–Trinajstić information content (AvgIpc) is 3.26. The van der Waals surface area contributed by atoms with E-state index in [1.165, 1.54) is 0 Å². The number of anilines is 1. The molecule has 0 saturated heterocycles. The summed E-state index contributed by atoms with van der Waals surface area (Å²) in [5.74, 6) is 0. The van der Waals surface area contributed by atoms with Crippen LogP contribution in [0.2, 0.25) is 0 Å². The van der Waals surface area contributed by atoms with Crippen LogP contribution in [0.5, 0.6) is 0 Å². The Bertz CT molecular complexity index is 527. The Morgan fingerprint density at radius 2 is 1.86 bits per heavy atom. The smallest absolute Gasteiger partial charge is 0.240 e. The van der Waals surface area contributed by atoms with Gasteiger partial charge in [-0.15, -0.1) is 0 Å². The number of ether oxygens (including phenoxy) is 1. The molecule has 0 spiro atoms. The molecule has 118 valence electrons. The second-order valence-corrected chi connectivity index (χ2v) is 6.80. The number of sulfonamides is 1. The molecule has 7 heteroatoms. The SMILES string of the molecule is COCCNCCNc1ccc(S(=O)(=O)NC2CC2)cc1. The van der Waals surface area contributed by atoms with Crippen LogP contribution >= 0.6 is 0 Å². The summed E-state index contributed by atoms with van der Waals surface area (Å²) in [5, 5.41) is 6.46. The topological polar surface area (TPSA) is 79.5 Å². The van der Waals surface area contributed by atoms with Gasteiger partial charge in [-0.05, 0) is 37.1 Å². The molecule has 0 aliphatic heterocycles. The van der Waals surface area contributed by atoms with Gasteiger partial charge >= 0.3 is 0 Å². The molecule has 0 unspecified atom stereocenters. The predicted octanol–water partition coefficient (Wildman–Crippen LogP) is 0.775. The monoisotopic (exact) mass is 313 g/mol. The number of nitrogens with one attached hydrogen (secondary N) is 3. The summed E-state index contributed by atoms with van der Waals surface area (Å²) in [4.78, 5) is 0.318. The van der Waals surface area contributed by atoms with Crippen molar-refractivity contribution in [2.45, 2.75) is 23.8 Å². The zero-order chi connectivity index (χ0) is 15.1. The first-order valence-electron chi connectivity index (χ1n) is 7.18. The van der Waals surface area contributed by atoms with Gasteiger partial charge in [-0.2, -0.15) is 0 Å². The maximum absolute atomic E-state index is 12.0. The van der Waals surface area contributed by atoms with Crippen molar-refractivity contribution in [1.29, 1.82) is 0 Å². The van der Waals surface area contributed by atoms with Crippen LogP contribution < -0.4 is 15.4 Å². The Kier molecular flexibility index (Phi) is 5.98. The molecule has 0 radical (unpaired) electrons. The second-order valence-electron chi connectivity index (χ2n) is 5.09. The predicted molar refractivity (Wildman–Crippen MR) is 83.0 cm³/mol. The number of methoxy groups -OCH3 is 1. The first-order chi connectivity index (χ1) is 10.1. The Labute approximate surface area is 126 Å². The van der Waals surface area contributed by atoms with E-state index >= 15 is 0 Å². The van der Waals surface area contributed by atoms with Crippen molar-refractivity contribution in [2.75, 3.05) is 38.7 Å². The van der Waals surface area contributed by atoms with Crippen LogP contribution in [0.25, 0.3) is 0 Å². The molecule has 21 heavy (non-hydrogen) atoms. The fourth-order valence-corrected chi connectivity index (χ4v) is 3.14. The lowest BCUT2D eigenvalue weighted by atomic mass is 10.3. The Morgan fingerprint density at radius 3 is 2.48 bits per heavy atom. The zero-order valence-corrected chi connectivity index (χ0v) is 13.1. The molecule has 0 atom stereocenters. The fraction of sp³-hybridized carbons (Fsp3) is 0.571. The molecule has 3 N–H and O–H groups in total. The van der Waals surface area contributed by atoms with Crippen LogP contribution in [0.15, 0.2) is 29.2 Å². The molecule has 6 nitrogen and oxygen atoms in total. The molecular formula is C14H23N3O3S. The van der Waals surface area contributed by atoms with Gasteiger partial charge < -0.3 is 15.4 Å². The van der Waals surface area contributed by atoms with Crippen LogP contribution in [0.1, 0.15) is 12.8 Å². The minimum atomic E-state index is -3.35. The van der Waals surface area contributed by atoms with Crippen molar-refractivity contribution < 1.29 is 13.2 Å². The van der Waals surface area contributed by atoms with Gasteiger partial charge in [0, 0.05) is 38.5 Å². The molecule has 0 heterocycles. The first-order valence-corrected chi connectivity index (χ1v) is 8.66. The highest BCUT2D eigenvalue weighted by Crippen LogP contribution is 2.22. The normalized spacial score (nSPS) is 15.1. The highest BCUT2D eigenvalue weighted by molar-refractivity contribution is 7.89. The van der Waals surface area contributed by atoms with Gasteiger partial charge in [0.1, 0.15) is 0 Å². The summed E-state index contributed by atoms with van der Waals surface area (Å²) in [6.07, 6.45) is 1.88.